The number of hydrogen-bond acceptors (Lipinski definition) is 3. The van der Waals surface area contributed by atoms with Gasteiger partial charge in [-0.1, -0.05) is 34.6 Å². The highest BCUT2D eigenvalue weighted by Crippen LogP contribution is 2.69. The standard InChI is InChI=1S/C20H32O3/c1-13(21)23-14-7-17(2,3)10-20(8-14)12-19(6)9-15(22)16(20)18(4,5)11-19/h14,16H,7-12H2,1-6H3/t14-,16-,19-,20+/m0/s1. The molecule has 3 nitrogen and oxygen atoms in total. The van der Waals surface area contributed by atoms with Crippen molar-refractivity contribution in [1.82, 2.24) is 0 Å². The van der Waals surface area contributed by atoms with Gasteiger partial charge in [0.1, 0.15) is 11.9 Å². The first-order valence-electron chi connectivity index (χ1n) is 9.07. The number of carbonyl (C=O) groups excluding carboxylic acids is 2. The Labute approximate surface area is 140 Å². The van der Waals surface area contributed by atoms with Gasteiger partial charge in [-0.3, -0.25) is 9.59 Å². The topological polar surface area (TPSA) is 43.4 Å². The van der Waals surface area contributed by atoms with Crippen LogP contribution in [0, 0.1) is 27.6 Å². The summed E-state index contributed by atoms with van der Waals surface area (Å²) < 4.78 is 5.65. The van der Waals surface area contributed by atoms with Gasteiger partial charge in [0.2, 0.25) is 0 Å². The number of ether oxygens (including phenoxy) is 1. The van der Waals surface area contributed by atoms with E-state index in [1.807, 2.05) is 0 Å². The minimum Gasteiger partial charge on any atom is -0.463 e. The van der Waals surface area contributed by atoms with E-state index < -0.39 is 0 Å². The third kappa shape index (κ3) is 2.85. The fourth-order valence-electron chi connectivity index (χ4n) is 7.38. The van der Waals surface area contributed by atoms with Crippen molar-refractivity contribution in [3.8, 4) is 0 Å². The highest BCUT2D eigenvalue weighted by molar-refractivity contribution is 5.85. The number of fused-ring (bicyclic) bond motifs is 2. The first kappa shape index (κ1) is 17.0. The molecule has 4 rings (SSSR count). The Bertz CT molecular complexity index is 540. The maximum absolute atomic E-state index is 13.0. The normalized spacial score (nSPS) is 44.3. The zero-order valence-corrected chi connectivity index (χ0v) is 15.6. The molecule has 4 atom stereocenters. The zero-order valence-electron chi connectivity index (χ0n) is 15.6. The molecule has 3 heteroatoms. The molecule has 4 saturated carbocycles. The summed E-state index contributed by atoms with van der Waals surface area (Å²) in [7, 11) is 0. The van der Waals surface area contributed by atoms with Crippen LogP contribution in [0.4, 0.5) is 0 Å². The summed E-state index contributed by atoms with van der Waals surface area (Å²) >= 11 is 0. The van der Waals surface area contributed by atoms with Crippen LogP contribution in [0.25, 0.3) is 0 Å². The number of Topliss-reactive ketones (excluding diaryl/α,β-unsaturated/α-hetero) is 1. The Hall–Kier alpha value is -0.860. The van der Waals surface area contributed by atoms with E-state index in [9.17, 15) is 9.59 Å². The second-order valence-corrected chi connectivity index (χ2v) is 10.6. The molecule has 4 aliphatic carbocycles. The predicted octanol–water partition coefficient (Wildman–Crippen LogP) is 4.53. The van der Waals surface area contributed by atoms with Crippen LogP contribution in [0.3, 0.4) is 0 Å². The van der Waals surface area contributed by atoms with Crippen LogP contribution < -0.4 is 0 Å². The van der Waals surface area contributed by atoms with Crippen molar-refractivity contribution in [2.75, 3.05) is 0 Å². The van der Waals surface area contributed by atoms with Crippen LogP contribution in [-0.4, -0.2) is 17.9 Å². The molecule has 23 heavy (non-hydrogen) atoms. The van der Waals surface area contributed by atoms with Crippen molar-refractivity contribution in [2.45, 2.75) is 86.2 Å². The molecule has 0 N–H and O–H groups in total. The fourth-order valence-corrected chi connectivity index (χ4v) is 7.38. The van der Waals surface area contributed by atoms with Gasteiger partial charge < -0.3 is 4.74 Å². The van der Waals surface area contributed by atoms with Crippen LogP contribution in [-0.2, 0) is 14.3 Å². The van der Waals surface area contributed by atoms with Crippen molar-refractivity contribution < 1.29 is 14.3 Å². The quantitative estimate of drug-likeness (QED) is 0.667. The summed E-state index contributed by atoms with van der Waals surface area (Å²) in [6.45, 7) is 12.9. The van der Waals surface area contributed by atoms with E-state index in [4.69, 9.17) is 4.74 Å². The molecule has 0 unspecified atom stereocenters. The molecule has 0 aromatic heterocycles. The molecule has 0 aliphatic heterocycles. The molecule has 0 heterocycles. The summed E-state index contributed by atoms with van der Waals surface area (Å²) in [5.74, 6) is 0.379. The fraction of sp³-hybridized carbons (Fsp3) is 0.900. The van der Waals surface area contributed by atoms with E-state index >= 15 is 0 Å². The molecule has 1 spiro atoms. The van der Waals surface area contributed by atoms with Crippen LogP contribution in [0.1, 0.15) is 80.1 Å². The van der Waals surface area contributed by atoms with Gasteiger partial charge in [-0.25, -0.2) is 0 Å². The monoisotopic (exact) mass is 320 g/mol. The van der Waals surface area contributed by atoms with Gasteiger partial charge in [0, 0.05) is 19.3 Å². The predicted molar refractivity (Wildman–Crippen MR) is 89.9 cm³/mol. The molecule has 0 saturated heterocycles. The smallest absolute Gasteiger partial charge is 0.302 e. The highest BCUT2D eigenvalue weighted by atomic mass is 16.5. The Balaban J connectivity index is 2.01. The van der Waals surface area contributed by atoms with Crippen LogP contribution in [0.5, 0.6) is 0 Å². The lowest BCUT2D eigenvalue weighted by Gasteiger charge is -2.65. The lowest BCUT2D eigenvalue weighted by molar-refractivity contribution is -0.192. The summed E-state index contributed by atoms with van der Waals surface area (Å²) in [6.07, 6.45) is 5.80. The van der Waals surface area contributed by atoms with Gasteiger partial charge in [0.05, 0.1) is 0 Å². The summed E-state index contributed by atoms with van der Waals surface area (Å²) in [6, 6.07) is 0. The molecule has 0 radical (unpaired) electrons. The molecule has 0 amide bonds. The van der Waals surface area contributed by atoms with Gasteiger partial charge in [-0.15, -0.1) is 0 Å². The van der Waals surface area contributed by atoms with E-state index in [1.165, 1.54) is 6.92 Å². The van der Waals surface area contributed by atoms with Gasteiger partial charge in [-0.2, -0.15) is 0 Å². The van der Waals surface area contributed by atoms with Crippen LogP contribution in [0.15, 0.2) is 0 Å². The SMILES string of the molecule is CC(=O)O[C@H]1CC(C)(C)C[C@]2(C1)C[C@@]1(C)CC(=O)[C@H]2C(C)(C)C1. The average molecular weight is 320 g/mol. The van der Waals surface area contributed by atoms with Crippen molar-refractivity contribution >= 4 is 11.8 Å². The third-order valence-electron chi connectivity index (χ3n) is 6.56. The van der Waals surface area contributed by atoms with Crippen molar-refractivity contribution in [3.05, 3.63) is 0 Å². The number of esters is 1. The first-order valence-corrected chi connectivity index (χ1v) is 9.07. The van der Waals surface area contributed by atoms with Crippen LogP contribution >= 0.6 is 0 Å². The third-order valence-corrected chi connectivity index (χ3v) is 6.56. The highest BCUT2D eigenvalue weighted by Gasteiger charge is 2.65. The lowest BCUT2D eigenvalue weighted by Crippen LogP contribution is -2.62. The number of carbonyl (C=O) groups is 2. The number of hydrogen-bond donors (Lipinski definition) is 0. The van der Waals surface area contributed by atoms with Crippen molar-refractivity contribution in [1.29, 1.82) is 0 Å². The molecule has 0 aromatic carbocycles. The Morgan fingerprint density at radius 3 is 2.22 bits per heavy atom. The molecule has 0 aromatic rings. The molecule has 2 bridgehead atoms. The Morgan fingerprint density at radius 1 is 1.04 bits per heavy atom. The molecular formula is C20H32O3. The zero-order chi connectivity index (χ0) is 17.3. The molecule has 4 fully saturated rings. The number of rotatable bonds is 1. The summed E-state index contributed by atoms with van der Waals surface area (Å²) in [4.78, 5) is 24.5. The average Bonchev–Trinajstić information content (AvgIpc) is 2.17. The maximum Gasteiger partial charge on any atom is 0.302 e. The van der Waals surface area contributed by atoms with Crippen molar-refractivity contribution in [3.63, 3.8) is 0 Å². The maximum atomic E-state index is 13.0. The van der Waals surface area contributed by atoms with E-state index in [-0.39, 0.29) is 39.7 Å². The largest absolute Gasteiger partial charge is 0.463 e. The second kappa shape index (κ2) is 4.83. The first-order chi connectivity index (χ1) is 10.4. The minimum atomic E-state index is -0.194. The van der Waals surface area contributed by atoms with E-state index in [1.54, 1.807) is 0 Å². The van der Waals surface area contributed by atoms with Gasteiger partial charge in [0.15, 0.2) is 0 Å². The van der Waals surface area contributed by atoms with Gasteiger partial charge >= 0.3 is 5.97 Å². The van der Waals surface area contributed by atoms with Crippen LogP contribution in [0.2, 0.25) is 0 Å². The van der Waals surface area contributed by atoms with E-state index in [2.05, 4.69) is 34.6 Å². The van der Waals surface area contributed by atoms with E-state index in [0.717, 1.165) is 38.5 Å². The summed E-state index contributed by atoms with van der Waals surface area (Å²) in [5, 5.41) is 0. The van der Waals surface area contributed by atoms with Gasteiger partial charge in [0.25, 0.3) is 0 Å². The lowest BCUT2D eigenvalue weighted by atomic mass is 9.38. The minimum absolute atomic E-state index is 0.00764. The number of ketones is 1. The van der Waals surface area contributed by atoms with E-state index in [0.29, 0.717) is 5.78 Å². The molecule has 4 aliphatic rings. The second-order valence-electron chi connectivity index (χ2n) is 10.6. The van der Waals surface area contributed by atoms with Gasteiger partial charge in [-0.05, 0) is 53.8 Å². The molecular weight excluding hydrogens is 288 g/mol. The Kier molecular flexibility index (Phi) is 3.56. The summed E-state index contributed by atoms with van der Waals surface area (Å²) in [5.41, 5.74) is 0.288. The Morgan fingerprint density at radius 2 is 1.70 bits per heavy atom. The molecule has 130 valence electrons. The van der Waals surface area contributed by atoms with Crippen molar-refractivity contribution in [2.24, 2.45) is 27.6 Å².